The van der Waals surface area contributed by atoms with Crippen LogP contribution in [-0.2, 0) is 4.79 Å². The molecule has 0 saturated heterocycles. The molecular weight excluding hydrogens is 379 g/mol. The summed E-state index contributed by atoms with van der Waals surface area (Å²) in [6, 6.07) is 4.85. The minimum Gasteiger partial charge on any atom is -0.505 e. The fraction of sp³-hybridized carbons (Fsp3) is 0.0769. The van der Waals surface area contributed by atoms with Gasteiger partial charge < -0.3 is 15.5 Å². The first-order valence-electron chi connectivity index (χ1n) is 6.29. The Morgan fingerprint density at radius 2 is 2.12 bits per heavy atom. The number of pyridine rings is 1. The van der Waals surface area contributed by atoms with Crippen molar-refractivity contribution in [1.29, 1.82) is 0 Å². The lowest BCUT2D eigenvalue weighted by Gasteiger charge is -2.09. The molecule has 0 aromatic carbocycles. The highest BCUT2D eigenvalue weighted by Gasteiger charge is 2.21. The number of carboxylic acid groups (broad SMARTS) is 1. The van der Waals surface area contributed by atoms with E-state index in [0.29, 0.717) is 15.5 Å². The van der Waals surface area contributed by atoms with Crippen molar-refractivity contribution in [3.05, 3.63) is 34.6 Å². The first kappa shape index (κ1) is 18.0. The highest BCUT2D eigenvalue weighted by molar-refractivity contribution is 7.19. The van der Waals surface area contributed by atoms with E-state index in [1.165, 1.54) is 23.7 Å². The highest BCUT2D eigenvalue weighted by atomic mass is 35.5. The number of hydrogen-bond donors (Lipinski definition) is 3. The number of hydrogen-bond acceptors (Lipinski definition) is 6. The smallest absolute Gasteiger partial charge is 0.322 e. The molecule has 1 amide bonds. The Morgan fingerprint density at radius 1 is 1.38 bits per heavy atom. The molecule has 3 N–H and O–H groups in total. The summed E-state index contributed by atoms with van der Waals surface area (Å²) in [4.78, 5) is 27.5. The average Bonchev–Trinajstić information content (AvgIpc) is 3.12. The first-order valence-corrected chi connectivity index (χ1v) is 7.48. The van der Waals surface area contributed by atoms with Crippen LogP contribution in [0.5, 0.6) is 5.75 Å². The molecule has 11 heteroatoms. The number of thiophene rings is 1. The predicted octanol–water partition coefficient (Wildman–Crippen LogP) is 2.05. The summed E-state index contributed by atoms with van der Waals surface area (Å²) in [5.41, 5.74) is 0.721. The van der Waals surface area contributed by atoms with Crippen LogP contribution >= 0.6 is 35.3 Å². The molecular formula is C13H10Cl2N4O4S. The minimum absolute atomic E-state index is 0. The summed E-state index contributed by atoms with van der Waals surface area (Å²) >= 11 is 7.21. The zero-order chi connectivity index (χ0) is 16.6. The summed E-state index contributed by atoms with van der Waals surface area (Å²) in [7, 11) is 0. The molecule has 3 heterocycles. The van der Waals surface area contributed by atoms with Gasteiger partial charge in [-0.05, 0) is 18.2 Å². The lowest BCUT2D eigenvalue weighted by molar-refractivity contribution is -0.135. The third-order valence-electron chi connectivity index (χ3n) is 2.98. The standard InChI is InChI=1S/C13H9ClN4O4S.ClH/c14-9-2-1-8(23-9)6-3-7(19)11(13(22)15-4-10(20)21)18-12(6)16-5-17-18;/h1-3,5,19H,4H2,(H,15,22)(H,20,21);1H. The van der Waals surface area contributed by atoms with Gasteiger partial charge in [0.2, 0.25) is 0 Å². The second kappa shape index (κ2) is 7.04. The largest absolute Gasteiger partial charge is 0.505 e. The fourth-order valence-corrected chi connectivity index (χ4v) is 3.11. The molecule has 0 aliphatic rings. The molecule has 0 aliphatic heterocycles. The molecule has 0 bridgehead atoms. The predicted molar refractivity (Wildman–Crippen MR) is 90.2 cm³/mol. The third kappa shape index (κ3) is 3.28. The lowest BCUT2D eigenvalue weighted by atomic mass is 10.2. The van der Waals surface area contributed by atoms with Gasteiger partial charge in [-0.3, -0.25) is 9.59 Å². The Morgan fingerprint density at radius 3 is 2.75 bits per heavy atom. The van der Waals surface area contributed by atoms with Crippen LogP contribution in [0.15, 0.2) is 24.5 Å². The number of carbonyl (C=O) groups is 2. The van der Waals surface area contributed by atoms with Crippen LogP contribution < -0.4 is 5.32 Å². The van der Waals surface area contributed by atoms with Crippen LogP contribution in [0.25, 0.3) is 16.1 Å². The lowest BCUT2D eigenvalue weighted by Crippen LogP contribution is -2.30. The number of aromatic hydroxyl groups is 1. The number of carbonyl (C=O) groups excluding carboxylic acids is 1. The molecule has 0 spiro atoms. The number of rotatable bonds is 4. The molecule has 0 aliphatic carbocycles. The molecule has 0 unspecified atom stereocenters. The molecule has 3 rings (SSSR count). The summed E-state index contributed by atoms with van der Waals surface area (Å²) in [6.45, 7) is -0.573. The Bertz CT molecular complexity index is 924. The van der Waals surface area contributed by atoms with E-state index in [2.05, 4.69) is 15.4 Å². The zero-order valence-electron chi connectivity index (χ0n) is 11.8. The van der Waals surface area contributed by atoms with Gasteiger partial charge in [-0.2, -0.15) is 5.10 Å². The number of carboxylic acids is 1. The van der Waals surface area contributed by atoms with Crippen molar-refractivity contribution in [3.8, 4) is 16.2 Å². The molecule has 0 fully saturated rings. The van der Waals surface area contributed by atoms with Gasteiger partial charge in [0.05, 0.1) is 4.34 Å². The normalized spacial score (nSPS) is 10.4. The van der Waals surface area contributed by atoms with Crippen molar-refractivity contribution in [3.63, 3.8) is 0 Å². The Balaban J connectivity index is 0.00000208. The van der Waals surface area contributed by atoms with E-state index >= 15 is 0 Å². The van der Waals surface area contributed by atoms with Crippen molar-refractivity contribution in [2.45, 2.75) is 0 Å². The van der Waals surface area contributed by atoms with E-state index in [-0.39, 0.29) is 23.9 Å². The van der Waals surface area contributed by atoms with Gasteiger partial charge >= 0.3 is 5.97 Å². The van der Waals surface area contributed by atoms with Gasteiger partial charge in [-0.15, -0.1) is 23.7 Å². The number of fused-ring (bicyclic) bond motifs is 1. The summed E-state index contributed by atoms with van der Waals surface area (Å²) in [5.74, 6) is -2.31. The van der Waals surface area contributed by atoms with Gasteiger partial charge in [0.1, 0.15) is 18.6 Å². The molecule has 0 radical (unpaired) electrons. The topological polar surface area (TPSA) is 117 Å². The SMILES string of the molecule is Cl.O=C(O)CNC(=O)c1c(O)cc(-c2ccc(Cl)s2)c2ncnn12. The third-order valence-corrected chi connectivity index (χ3v) is 4.24. The van der Waals surface area contributed by atoms with Crippen LogP contribution in [0.4, 0.5) is 0 Å². The molecule has 0 atom stereocenters. The van der Waals surface area contributed by atoms with Crippen LogP contribution in [-0.4, -0.2) is 43.2 Å². The van der Waals surface area contributed by atoms with Crippen LogP contribution in [0.1, 0.15) is 10.5 Å². The monoisotopic (exact) mass is 388 g/mol. The van der Waals surface area contributed by atoms with Crippen molar-refractivity contribution >= 4 is 52.9 Å². The number of halogens is 2. The summed E-state index contributed by atoms with van der Waals surface area (Å²) in [5, 5.41) is 24.9. The quantitative estimate of drug-likeness (QED) is 0.629. The van der Waals surface area contributed by atoms with E-state index in [9.17, 15) is 14.7 Å². The number of aromatic nitrogens is 3. The number of nitrogens with one attached hydrogen (secondary N) is 1. The molecule has 8 nitrogen and oxygen atoms in total. The fourth-order valence-electron chi connectivity index (χ4n) is 2.06. The van der Waals surface area contributed by atoms with E-state index in [4.69, 9.17) is 16.7 Å². The summed E-state index contributed by atoms with van der Waals surface area (Å²) < 4.78 is 1.73. The molecule has 3 aromatic rings. The molecule has 24 heavy (non-hydrogen) atoms. The maximum Gasteiger partial charge on any atom is 0.322 e. The Hall–Kier alpha value is -2.36. The second-order valence-electron chi connectivity index (χ2n) is 4.47. The van der Waals surface area contributed by atoms with Crippen LogP contribution in [0.2, 0.25) is 4.34 Å². The molecule has 0 saturated carbocycles. The highest BCUT2D eigenvalue weighted by Crippen LogP contribution is 2.35. The number of aliphatic carboxylic acids is 1. The zero-order valence-corrected chi connectivity index (χ0v) is 14.2. The van der Waals surface area contributed by atoms with Gasteiger partial charge in [0.25, 0.3) is 5.91 Å². The first-order chi connectivity index (χ1) is 11.0. The summed E-state index contributed by atoms with van der Waals surface area (Å²) in [6.07, 6.45) is 1.24. The van der Waals surface area contributed by atoms with Gasteiger partial charge in [-0.25, -0.2) is 9.50 Å². The van der Waals surface area contributed by atoms with Crippen molar-refractivity contribution < 1.29 is 19.8 Å². The van der Waals surface area contributed by atoms with Gasteiger partial charge in [-0.1, -0.05) is 11.6 Å². The van der Waals surface area contributed by atoms with E-state index in [0.717, 1.165) is 9.39 Å². The Labute approximate surface area is 150 Å². The minimum atomic E-state index is -1.20. The van der Waals surface area contributed by atoms with Crippen LogP contribution in [0.3, 0.4) is 0 Å². The van der Waals surface area contributed by atoms with Crippen LogP contribution in [0, 0.1) is 0 Å². The number of amides is 1. The van der Waals surface area contributed by atoms with Crippen molar-refractivity contribution in [2.24, 2.45) is 0 Å². The van der Waals surface area contributed by atoms with E-state index in [1.54, 1.807) is 12.1 Å². The van der Waals surface area contributed by atoms with E-state index < -0.39 is 18.4 Å². The number of nitrogens with zero attached hydrogens (tertiary/aromatic N) is 3. The maximum absolute atomic E-state index is 12.1. The second-order valence-corrected chi connectivity index (χ2v) is 6.18. The molecule has 126 valence electrons. The van der Waals surface area contributed by atoms with Crippen molar-refractivity contribution in [1.82, 2.24) is 19.9 Å². The Kier molecular flexibility index (Phi) is 5.27. The maximum atomic E-state index is 12.1. The molecule has 3 aromatic heterocycles. The van der Waals surface area contributed by atoms with E-state index in [1.807, 2.05) is 0 Å². The van der Waals surface area contributed by atoms with Gasteiger partial charge in [0, 0.05) is 10.4 Å². The van der Waals surface area contributed by atoms with Gasteiger partial charge in [0.15, 0.2) is 11.3 Å². The average molecular weight is 389 g/mol. The van der Waals surface area contributed by atoms with Crippen molar-refractivity contribution in [2.75, 3.05) is 6.54 Å².